The van der Waals surface area contributed by atoms with Crippen LogP contribution >= 0.6 is 22.6 Å². The molecule has 1 aromatic rings. The first-order valence-corrected chi connectivity index (χ1v) is 5.89. The van der Waals surface area contributed by atoms with Gasteiger partial charge < -0.3 is 10.3 Å². The maximum Gasteiger partial charge on any atom is 0.248 e. The molecule has 0 aliphatic heterocycles. The van der Waals surface area contributed by atoms with Gasteiger partial charge in [-0.3, -0.25) is 4.79 Å². The molecular formula is C10H15IN2O. The predicted octanol–water partition coefficient (Wildman–Crippen LogP) is 1.87. The van der Waals surface area contributed by atoms with E-state index in [9.17, 15) is 4.79 Å². The highest BCUT2D eigenvalue weighted by molar-refractivity contribution is 14.1. The van der Waals surface area contributed by atoms with E-state index in [-0.39, 0.29) is 5.56 Å². The molecule has 0 atom stereocenters. The first kappa shape index (κ1) is 11.7. The summed E-state index contributed by atoms with van der Waals surface area (Å²) in [5.41, 5.74) is 1.12. The second-order valence-electron chi connectivity index (χ2n) is 3.20. The lowest BCUT2D eigenvalue weighted by Gasteiger charge is -2.05. The van der Waals surface area contributed by atoms with Crippen molar-refractivity contribution in [3.05, 3.63) is 31.8 Å². The second kappa shape index (κ2) is 6.19. The summed E-state index contributed by atoms with van der Waals surface area (Å²) in [7, 11) is 0. The molecule has 0 bridgehead atoms. The molecule has 0 saturated carbocycles. The molecule has 4 heteroatoms. The molecule has 0 saturated heterocycles. The van der Waals surface area contributed by atoms with Gasteiger partial charge in [0, 0.05) is 22.4 Å². The second-order valence-corrected chi connectivity index (χ2v) is 4.36. The Bertz CT molecular complexity index is 335. The molecule has 14 heavy (non-hydrogen) atoms. The van der Waals surface area contributed by atoms with E-state index in [2.05, 4.69) is 39.8 Å². The van der Waals surface area contributed by atoms with Gasteiger partial charge in [-0.2, -0.15) is 0 Å². The largest absolute Gasteiger partial charge is 0.329 e. The van der Waals surface area contributed by atoms with E-state index in [1.165, 1.54) is 12.8 Å². The first-order valence-electron chi connectivity index (χ1n) is 4.82. The summed E-state index contributed by atoms with van der Waals surface area (Å²) in [6.45, 7) is 4.03. The Morgan fingerprint density at radius 1 is 1.57 bits per heavy atom. The van der Waals surface area contributed by atoms with Crippen molar-refractivity contribution in [1.82, 2.24) is 10.3 Å². The highest BCUT2D eigenvalue weighted by Crippen LogP contribution is 2.07. The van der Waals surface area contributed by atoms with E-state index in [4.69, 9.17) is 0 Å². The Morgan fingerprint density at radius 3 is 3.00 bits per heavy atom. The number of hydrogen-bond donors (Lipinski definition) is 2. The van der Waals surface area contributed by atoms with E-state index < -0.39 is 0 Å². The predicted molar refractivity (Wildman–Crippen MR) is 66.4 cm³/mol. The van der Waals surface area contributed by atoms with E-state index in [1.54, 1.807) is 12.3 Å². The Kier molecular flexibility index (Phi) is 5.17. The third-order valence-corrected chi connectivity index (χ3v) is 2.98. The number of aromatic amines is 1. The van der Waals surface area contributed by atoms with Crippen LogP contribution in [0.5, 0.6) is 0 Å². The molecule has 1 aromatic heterocycles. The molecular weight excluding hydrogens is 291 g/mol. The van der Waals surface area contributed by atoms with Gasteiger partial charge in [-0.15, -0.1) is 0 Å². The fourth-order valence-corrected chi connectivity index (χ4v) is 1.77. The van der Waals surface area contributed by atoms with Crippen LogP contribution in [-0.4, -0.2) is 11.5 Å². The molecule has 0 aliphatic rings. The number of H-pyrrole nitrogens is 1. The number of hydrogen-bond acceptors (Lipinski definition) is 2. The van der Waals surface area contributed by atoms with Gasteiger partial charge in [0.05, 0.1) is 0 Å². The third kappa shape index (κ3) is 3.79. The van der Waals surface area contributed by atoms with Crippen molar-refractivity contribution in [2.24, 2.45) is 0 Å². The summed E-state index contributed by atoms with van der Waals surface area (Å²) in [5.74, 6) is 0. The van der Waals surface area contributed by atoms with E-state index >= 15 is 0 Å². The van der Waals surface area contributed by atoms with Gasteiger partial charge in [0.15, 0.2) is 0 Å². The van der Waals surface area contributed by atoms with Crippen molar-refractivity contribution in [1.29, 1.82) is 0 Å². The fraction of sp³-hybridized carbons (Fsp3) is 0.500. The van der Waals surface area contributed by atoms with Gasteiger partial charge in [0.25, 0.3) is 0 Å². The average molecular weight is 306 g/mol. The SMILES string of the molecule is CCCCNCc1c[nH]c(=O)cc1I. The van der Waals surface area contributed by atoms with Crippen LogP contribution in [0.2, 0.25) is 0 Å². The van der Waals surface area contributed by atoms with Crippen molar-refractivity contribution in [3.63, 3.8) is 0 Å². The van der Waals surface area contributed by atoms with Gasteiger partial charge in [0.1, 0.15) is 0 Å². The third-order valence-electron chi connectivity index (χ3n) is 1.98. The normalized spacial score (nSPS) is 10.4. The number of pyridine rings is 1. The number of unbranched alkanes of at least 4 members (excludes halogenated alkanes) is 1. The standard InChI is InChI=1S/C10H15IN2O/c1-2-3-4-12-6-8-7-13-10(14)5-9(8)11/h5,7,12H,2-4,6H2,1H3,(H,13,14). The summed E-state index contributed by atoms with van der Waals surface area (Å²) < 4.78 is 1.02. The van der Waals surface area contributed by atoms with E-state index in [1.807, 2.05) is 0 Å². The average Bonchev–Trinajstić information content (AvgIpc) is 2.15. The lowest BCUT2D eigenvalue weighted by atomic mass is 10.3. The maximum absolute atomic E-state index is 10.9. The number of aromatic nitrogens is 1. The van der Waals surface area contributed by atoms with Crippen molar-refractivity contribution in [3.8, 4) is 0 Å². The van der Waals surface area contributed by atoms with E-state index in [0.717, 1.165) is 22.2 Å². The van der Waals surface area contributed by atoms with Crippen LogP contribution in [0.4, 0.5) is 0 Å². The van der Waals surface area contributed by atoms with Crippen molar-refractivity contribution >= 4 is 22.6 Å². The van der Waals surface area contributed by atoms with E-state index in [0.29, 0.717) is 0 Å². The van der Waals surface area contributed by atoms with Gasteiger partial charge >= 0.3 is 0 Å². The smallest absolute Gasteiger partial charge is 0.248 e. The topological polar surface area (TPSA) is 44.9 Å². The molecule has 78 valence electrons. The quantitative estimate of drug-likeness (QED) is 0.644. The highest BCUT2D eigenvalue weighted by Gasteiger charge is 1.99. The Morgan fingerprint density at radius 2 is 2.36 bits per heavy atom. The van der Waals surface area contributed by atoms with Crippen LogP contribution in [-0.2, 0) is 6.54 Å². The zero-order chi connectivity index (χ0) is 10.4. The monoisotopic (exact) mass is 306 g/mol. The number of halogens is 1. The number of rotatable bonds is 5. The summed E-state index contributed by atoms with van der Waals surface area (Å²) in [4.78, 5) is 13.6. The molecule has 3 nitrogen and oxygen atoms in total. The van der Waals surface area contributed by atoms with Gasteiger partial charge in [0.2, 0.25) is 5.56 Å². The van der Waals surface area contributed by atoms with Crippen LogP contribution in [0.15, 0.2) is 17.1 Å². The number of nitrogens with one attached hydrogen (secondary N) is 2. The molecule has 0 aromatic carbocycles. The summed E-state index contributed by atoms with van der Waals surface area (Å²) in [5, 5.41) is 3.34. The Labute approximate surface area is 97.4 Å². The van der Waals surface area contributed by atoms with Crippen LogP contribution in [0.25, 0.3) is 0 Å². The summed E-state index contributed by atoms with van der Waals surface area (Å²) in [6.07, 6.45) is 4.18. The van der Waals surface area contributed by atoms with Crippen LogP contribution in [0, 0.1) is 3.57 Å². The van der Waals surface area contributed by atoms with Crippen LogP contribution in [0.3, 0.4) is 0 Å². The first-order chi connectivity index (χ1) is 6.74. The molecule has 0 fully saturated rings. The van der Waals surface area contributed by atoms with Crippen molar-refractivity contribution in [2.45, 2.75) is 26.3 Å². The Hall–Kier alpha value is -0.360. The minimum Gasteiger partial charge on any atom is -0.329 e. The van der Waals surface area contributed by atoms with Crippen molar-refractivity contribution < 1.29 is 0 Å². The fourth-order valence-electron chi connectivity index (χ4n) is 1.14. The lowest BCUT2D eigenvalue weighted by Crippen LogP contribution is -2.17. The van der Waals surface area contributed by atoms with Gasteiger partial charge in [-0.25, -0.2) is 0 Å². The molecule has 0 radical (unpaired) electrons. The Balaban J connectivity index is 2.46. The molecule has 1 heterocycles. The van der Waals surface area contributed by atoms with Gasteiger partial charge in [-0.1, -0.05) is 13.3 Å². The molecule has 2 N–H and O–H groups in total. The zero-order valence-electron chi connectivity index (χ0n) is 8.27. The molecule has 0 amide bonds. The minimum atomic E-state index is -0.0355. The van der Waals surface area contributed by atoms with Crippen molar-refractivity contribution in [2.75, 3.05) is 6.54 Å². The lowest BCUT2D eigenvalue weighted by molar-refractivity contribution is 0.639. The molecule has 1 rings (SSSR count). The van der Waals surface area contributed by atoms with Crippen LogP contribution in [0.1, 0.15) is 25.3 Å². The molecule has 0 aliphatic carbocycles. The summed E-state index contributed by atoms with van der Waals surface area (Å²) >= 11 is 2.19. The van der Waals surface area contributed by atoms with Gasteiger partial charge in [-0.05, 0) is 41.1 Å². The minimum absolute atomic E-state index is 0.0355. The molecule has 0 unspecified atom stereocenters. The summed E-state index contributed by atoms with van der Waals surface area (Å²) in [6, 6.07) is 1.62. The van der Waals surface area contributed by atoms with Crippen LogP contribution < -0.4 is 10.9 Å². The highest BCUT2D eigenvalue weighted by atomic mass is 127. The molecule has 0 spiro atoms. The zero-order valence-corrected chi connectivity index (χ0v) is 10.4. The maximum atomic E-state index is 10.9.